The highest BCUT2D eigenvalue weighted by Gasteiger charge is 2.13. The summed E-state index contributed by atoms with van der Waals surface area (Å²) >= 11 is 5.89. The third-order valence-corrected chi connectivity index (χ3v) is 2.97. The molecule has 1 aromatic rings. The van der Waals surface area contributed by atoms with Gasteiger partial charge in [-0.05, 0) is 36.5 Å². The lowest BCUT2D eigenvalue weighted by Gasteiger charge is -2.18. The third kappa shape index (κ3) is 4.23. The molecule has 84 valence electrons. The minimum absolute atomic E-state index is 0.261. The van der Waals surface area contributed by atoms with Gasteiger partial charge < -0.3 is 5.11 Å². The molecule has 0 aliphatic rings. The maximum atomic E-state index is 9.95. The van der Waals surface area contributed by atoms with Crippen molar-refractivity contribution in [3.63, 3.8) is 0 Å². The van der Waals surface area contributed by atoms with E-state index in [1.807, 2.05) is 24.3 Å². The van der Waals surface area contributed by atoms with Crippen LogP contribution in [0.4, 0.5) is 0 Å². The van der Waals surface area contributed by atoms with Crippen molar-refractivity contribution in [1.29, 1.82) is 0 Å². The SMILES string of the molecule is CCCC(C)C(O)Cc1cccc(Cl)c1. The molecule has 2 heteroatoms. The molecule has 2 atom stereocenters. The normalized spacial score (nSPS) is 14.9. The summed E-state index contributed by atoms with van der Waals surface area (Å²) < 4.78 is 0. The predicted octanol–water partition coefficient (Wildman–Crippen LogP) is 3.68. The summed E-state index contributed by atoms with van der Waals surface area (Å²) in [5, 5.41) is 10.7. The molecule has 1 nitrogen and oxygen atoms in total. The molecule has 1 N–H and O–H groups in total. The van der Waals surface area contributed by atoms with Gasteiger partial charge in [0, 0.05) is 5.02 Å². The summed E-state index contributed by atoms with van der Waals surface area (Å²) in [5.41, 5.74) is 1.11. The Morgan fingerprint density at radius 1 is 1.40 bits per heavy atom. The zero-order chi connectivity index (χ0) is 11.3. The second-order valence-electron chi connectivity index (χ2n) is 4.17. The quantitative estimate of drug-likeness (QED) is 0.812. The van der Waals surface area contributed by atoms with Gasteiger partial charge in [-0.1, -0.05) is 44.0 Å². The van der Waals surface area contributed by atoms with Gasteiger partial charge in [0.05, 0.1) is 6.10 Å². The Morgan fingerprint density at radius 2 is 2.13 bits per heavy atom. The van der Waals surface area contributed by atoms with E-state index in [4.69, 9.17) is 11.6 Å². The van der Waals surface area contributed by atoms with E-state index in [9.17, 15) is 5.11 Å². The molecule has 0 aromatic heterocycles. The van der Waals surface area contributed by atoms with Crippen molar-refractivity contribution in [1.82, 2.24) is 0 Å². The van der Waals surface area contributed by atoms with Crippen molar-refractivity contribution < 1.29 is 5.11 Å². The Kier molecular flexibility index (Phi) is 5.13. The maximum absolute atomic E-state index is 9.95. The molecule has 2 unspecified atom stereocenters. The second-order valence-corrected chi connectivity index (χ2v) is 4.60. The monoisotopic (exact) mass is 226 g/mol. The summed E-state index contributed by atoms with van der Waals surface area (Å²) in [7, 11) is 0. The summed E-state index contributed by atoms with van der Waals surface area (Å²) in [6.45, 7) is 4.24. The third-order valence-electron chi connectivity index (χ3n) is 2.73. The number of benzene rings is 1. The standard InChI is InChI=1S/C13H19ClO/c1-3-5-10(2)13(15)9-11-6-4-7-12(14)8-11/h4,6-8,10,13,15H,3,5,9H2,1-2H3. The molecule has 0 saturated heterocycles. The molecule has 0 aliphatic heterocycles. The Hall–Kier alpha value is -0.530. The summed E-state index contributed by atoms with van der Waals surface area (Å²) in [5.74, 6) is 0.356. The first-order valence-electron chi connectivity index (χ1n) is 5.56. The Bertz CT molecular complexity index is 298. The van der Waals surface area contributed by atoms with E-state index < -0.39 is 0 Å². The predicted molar refractivity (Wildman–Crippen MR) is 65.2 cm³/mol. The number of hydrogen-bond donors (Lipinski definition) is 1. The molecule has 1 rings (SSSR count). The molecule has 1 aromatic carbocycles. The van der Waals surface area contributed by atoms with Gasteiger partial charge in [-0.15, -0.1) is 0 Å². The highest BCUT2D eigenvalue weighted by atomic mass is 35.5. The van der Waals surface area contributed by atoms with Crippen molar-refractivity contribution in [3.05, 3.63) is 34.9 Å². The van der Waals surface area contributed by atoms with Crippen LogP contribution in [-0.2, 0) is 6.42 Å². The van der Waals surface area contributed by atoms with E-state index in [1.54, 1.807) is 0 Å². The fourth-order valence-corrected chi connectivity index (χ4v) is 1.97. The van der Waals surface area contributed by atoms with E-state index in [-0.39, 0.29) is 6.10 Å². The molecule has 0 saturated carbocycles. The first-order chi connectivity index (χ1) is 7.13. The lowest BCUT2D eigenvalue weighted by Crippen LogP contribution is -2.20. The van der Waals surface area contributed by atoms with Crippen LogP contribution in [0.2, 0.25) is 5.02 Å². The summed E-state index contributed by atoms with van der Waals surface area (Å²) in [6.07, 6.45) is 2.63. The molecule has 0 aliphatic carbocycles. The van der Waals surface area contributed by atoms with E-state index in [1.165, 1.54) is 0 Å². The van der Waals surface area contributed by atoms with Crippen molar-refractivity contribution in [2.24, 2.45) is 5.92 Å². The van der Waals surface area contributed by atoms with Gasteiger partial charge in [0.2, 0.25) is 0 Å². The first kappa shape index (κ1) is 12.5. The number of aliphatic hydroxyl groups is 1. The van der Waals surface area contributed by atoms with E-state index >= 15 is 0 Å². The molecule has 0 fully saturated rings. The van der Waals surface area contributed by atoms with Crippen molar-refractivity contribution in [2.75, 3.05) is 0 Å². The van der Waals surface area contributed by atoms with E-state index in [0.29, 0.717) is 12.3 Å². The molecule has 0 radical (unpaired) electrons. The maximum Gasteiger partial charge on any atom is 0.0606 e. The molecule has 0 spiro atoms. The lowest BCUT2D eigenvalue weighted by molar-refractivity contribution is 0.111. The fraction of sp³-hybridized carbons (Fsp3) is 0.538. The molecule has 0 heterocycles. The fourth-order valence-electron chi connectivity index (χ4n) is 1.75. The number of halogens is 1. The van der Waals surface area contributed by atoms with Gasteiger partial charge in [0.15, 0.2) is 0 Å². The summed E-state index contributed by atoms with van der Waals surface area (Å²) in [6, 6.07) is 7.71. The van der Waals surface area contributed by atoms with Gasteiger partial charge in [-0.3, -0.25) is 0 Å². The van der Waals surface area contributed by atoms with Crippen LogP contribution < -0.4 is 0 Å². The van der Waals surface area contributed by atoms with Gasteiger partial charge >= 0.3 is 0 Å². The number of rotatable bonds is 5. The van der Waals surface area contributed by atoms with Crippen LogP contribution in [0.5, 0.6) is 0 Å². The molecular weight excluding hydrogens is 208 g/mol. The van der Waals surface area contributed by atoms with Crippen LogP contribution in [0.15, 0.2) is 24.3 Å². The number of hydrogen-bond acceptors (Lipinski definition) is 1. The topological polar surface area (TPSA) is 20.2 Å². The van der Waals surface area contributed by atoms with Crippen LogP contribution in [0.3, 0.4) is 0 Å². The lowest BCUT2D eigenvalue weighted by atomic mass is 9.94. The van der Waals surface area contributed by atoms with E-state index in [0.717, 1.165) is 23.4 Å². The zero-order valence-corrected chi connectivity index (χ0v) is 10.2. The van der Waals surface area contributed by atoms with Crippen LogP contribution in [0.1, 0.15) is 32.3 Å². The first-order valence-corrected chi connectivity index (χ1v) is 5.93. The smallest absolute Gasteiger partial charge is 0.0606 e. The van der Waals surface area contributed by atoms with Crippen molar-refractivity contribution in [2.45, 2.75) is 39.2 Å². The van der Waals surface area contributed by atoms with Crippen molar-refractivity contribution >= 4 is 11.6 Å². The van der Waals surface area contributed by atoms with Gasteiger partial charge in [0.25, 0.3) is 0 Å². The zero-order valence-electron chi connectivity index (χ0n) is 9.41. The Labute approximate surface area is 97.1 Å². The second kappa shape index (κ2) is 6.14. The molecular formula is C13H19ClO. The van der Waals surface area contributed by atoms with Crippen LogP contribution in [0, 0.1) is 5.92 Å². The highest BCUT2D eigenvalue weighted by molar-refractivity contribution is 6.30. The van der Waals surface area contributed by atoms with E-state index in [2.05, 4.69) is 13.8 Å². The van der Waals surface area contributed by atoms with Gasteiger partial charge in [-0.25, -0.2) is 0 Å². The minimum Gasteiger partial charge on any atom is -0.393 e. The van der Waals surface area contributed by atoms with Crippen molar-refractivity contribution in [3.8, 4) is 0 Å². The van der Waals surface area contributed by atoms with Crippen LogP contribution >= 0.6 is 11.6 Å². The molecule has 15 heavy (non-hydrogen) atoms. The van der Waals surface area contributed by atoms with Crippen LogP contribution in [0.25, 0.3) is 0 Å². The minimum atomic E-state index is -0.261. The average Bonchev–Trinajstić information content (AvgIpc) is 2.18. The molecule has 0 amide bonds. The largest absolute Gasteiger partial charge is 0.393 e. The molecule has 0 bridgehead atoms. The van der Waals surface area contributed by atoms with Gasteiger partial charge in [-0.2, -0.15) is 0 Å². The van der Waals surface area contributed by atoms with Crippen LogP contribution in [-0.4, -0.2) is 11.2 Å². The summed E-state index contributed by atoms with van der Waals surface area (Å²) in [4.78, 5) is 0. The average molecular weight is 227 g/mol. The Balaban J connectivity index is 2.54. The highest BCUT2D eigenvalue weighted by Crippen LogP contribution is 2.17. The Morgan fingerprint density at radius 3 is 2.73 bits per heavy atom. The number of aliphatic hydroxyl groups excluding tert-OH is 1. The van der Waals surface area contributed by atoms with Gasteiger partial charge in [0.1, 0.15) is 0 Å².